The number of benzene rings is 2. The molecule has 0 fully saturated rings. The number of rotatable bonds is 71. The maximum Gasteiger partial charge on any atom is 2.00 e. The van der Waals surface area contributed by atoms with Gasteiger partial charge in [-0.15, -0.1) is 0 Å². The second kappa shape index (κ2) is 75.8. The van der Waals surface area contributed by atoms with Crippen molar-refractivity contribution in [3.63, 3.8) is 0 Å². The zero-order chi connectivity index (χ0) is 73.5. The minimum Gasteiger partial charge on any atom is -0.493 e. The van der Waals surface area contributed by atoms with Crippen LogP contribution in [0.4, 0.5) is 0 Å². The third-order valence-corrected chi connectivity index (χ3v) is 22.6. The van der Waals surface area contributed by atoms with Gasteiger partial charge in [0.25, 0.3) is 0 Å². The zero-order valence-electron chi connectivity index (χ0n) is 71.1. The van der Waals surface area contributed by atoms with E-state index >= 15 is 0 Å². The molecule has 3 heteroatoms. The summed E-state index contributed by atoms with van der Waals surface area (Å²) in [5.41, 5.74) is 30.1. The van der Waals surface area contributed by atoms with Gasteiger partial charge in [-0.3, -0.25) is 0 Å². The van der Waals surface area contributed by atoms with Crippen molar-refractivity contribution in [3.8, 4) is 0 Å². The average molecular weight is 1460 g/mol. The molecule has 2 aromatic rings. The van der Waals surface area contributed by atoms with Crippen molar-refractivity contribution in [2.45, 2.75) is 525 Å². The number of aryl methyl sites for hydroxylation is 4. The predicted molar refractivity (Wildman–Crippen MR) is 460 cm³/mol. The van der Waals surface area contributed by atoms with Gasteiger partial charge in [-0.25, -0.2) is 4.70 Å². The van der Waals surface area contributed by atoms with Crippen molar-refractivity contribution in [2.24, 2.45) is 0 Å². The Bertz CT molecular complexity index is 2070. The summed E-state index contributed by atoms with van der Waals surface area (Å²) < 4.78 is 1.74. The molecular formula is C99H180N2Ni. The van der Waals surface area contributed by atoms with E-state index < -0.39 is 0 Å². The zero-order valence-corrected chi connectivity index (χ0v) is 72.1. The largest absolute Gasteiger partial charge is 2.00 e. The SMILES string of the molecule is CCCCCC1=C(c2cc(CCCCC)c(CCCCC)c(CCCCC)c2)[N+](=[N-])C(c2cc(CCCCC)c(CCCCC)c(CCCCC)c2)=C1CCCC.[CH2-]CCCCCCCCCCCCCCCCCCCCC.[CH2-]CCCCCCCCCCCCCCCCCCCCC.[Ni+2]. The summed E-state index contributed by atoms with van der Waals surface area (Å²) in [6.45, 7) is 31.0. The van der Waals surface area contributed by atoms with Crippen LogP contribution < -0.4 is 0 Å². The first-order valence-electron chi connectivity index (χ1n) is 46.6. The van der Waals surface area contributed by atoms with Crippen molar-refractivity contribution in [1.82, 2.24) is 0 Å². The fraction of sp³-hybridized carbons (Fsp3) is 0.818. The molecule has 102 heavy (non-hydrogen) atoms. The van der Waals surface area contributed by atoms with Gasteiger partial charge in [0.1, 0.15) is 0 Å². The van der Waals surface area contributed by atoms with Gasteiger partial charge in [-0.05, 0) is 160 Å². The van der Waals surface area contributed by atoms with E-state index in [1.165, 1.54) is 414 Å². The molecule has 0 radical (unpaired) electrons. The van der Waals surface area contributed by atoms with Gasteiger partial charge in [0.15, 0.2) is 0 Å². The number of nitrogens with zero attached hydrogens (tertiary/aromatic N) is 2. The summed E-state index contributed by atoms with van der Waals surface area (Å²) in [7, 11) is 0. The second-order valence-corrected chi connectivity index (χ2v) is 32.3. The molecule has 0 N–H and O–H groups in total. The van der Waals surface area contributed by atoms with Crippen LogP contribution in [0.3, 0.4) is 0 Å². The summed E-state index contributed by atoms with van der Waals surface area (Å²) in [4.78, 5) is 0. The van der Waals surface area contributed by atoms with Gasteiger partial charge >= 0.3 is 16.5 Å². The molecule has 1 aliphatic heterocycles. The molecule has 1 heterocycles. The first kappa shape index (κ1) is 100. The molecule has 0 spiro atoms. The van der Waals surface area contributed by atoms with Crippen LogP contribution in [0.15, 0.2) is 35.4 Å². The van der Waals surface area contributed by atoms with Crippen molar-refractivity contribution >= 4 is 11.4 Å². The third-order valence-electron chi connectivity index (χ3n) is 22.6. The van der Waals surface area contributed by atoms with Crippen LogP contribution in [0.5, 0.6) is 0 Å². The summed E-state index contributed by atoms with van der Waals surface area (Å²) in [6, 6.07) is 10.2. The van der Waals surface area contributed by atoms with Crippen LogP contribution in [-0.4, -0.2) is 4.70 Å². The molecule has 0 atom stereocenters. The molecule has 3 rings (SSSR count). The molecule has 0 saturated heterocycles. The van der Waals surface area contributed by atoms with Gasteiger partial charge in [0, 0.05) is 22.3 Å². The van der Waals surface area contributed by atoms with E-state index in [0.29, 0.717) is 0 Å². The van der Waals surface area contributed by atoms with Crippen molar-refractivity contribution in [2.75, 3.05) is 0 Å². The minimum absolute atomic E-state index is 0. The topological polar surface area (TPSA) is 25.3 Å². The Labute approximate surface area is 652 Å². The molecular weight excluding hydrogens is 1280 g/mol. The number of allylic oxidation sites excluding steroid dienone is 2. The number of hydrogen-bond donors (Lipinski definition) is 0. The Balaban J connectivity index is 0.00000185. The van der Waals surface area contributed by atoms with E-state index in [2.05, 4.69) is 107 Å². The second-order valence-electron chi connectivity index (χ2n) is 32.3. The molecule has 0 saturated carbocycles. The molecule has 0 aromatic heterocycles. The summed E-state index contributed by atoms with van der Waals surface area (Å²) >= 11 is 0. The van der Waals surface area contributed by atoms with E-state index in [0.717, 1.165) is 75.6 Å². The maximum absolute atomic E-state index is 13.0. The van der Waals surface area contributed by atoms with Crippen LogP contribution in [0.2, 0.25) is 0 Å². The average Bonchev–Trinajstić information content (AvgIpc) is 1.59. The first-order valence-corrected chi connectivity index (χ1v) is 46.6. The van der Waals surface area contributed by atoms with Gasteiger partial charge in [-0.2, -0.15) is 12.8 Å². The van der Waals surface area contributed by atoms with Crippen LogP contribution >= 0.6 is 0 Å². The fourth-order valence-corrected chi connectivity index (χ4v) is 16.0. The van der Waals surface area contributed by atoms with Gasteiger partial charge in [0.2, 0.25) is 11.4 Å². The predicted octanol–water partition coefficient (Wildman–Crippen LogP) is 35.3. The molecule has 2 aromatic carbocycles. The first-order chi connectivity index (χ1) is 49.8. The molecule has 0 aliphatic carbocycles. The fourth-order valence-electron chi connectivity index (χ4n) is 16.0. The normalized spacial score (nSPS) is 12.2. The summed E-state index contributed by atoms with van der Waals surface area (Å²) in [6.07, 6.45) is 95.4. The van der Waals surface area contributed by atoms with Gasteiger partial charge < -0.3 is 19.4 Å². The number of unbranched alkanes of at least 4 members (excludes halogenated alkanes) is 53. The Morgan fingerprint density at radius 1 is 0.216 bits per heavy atom. The van der Waals surface area contributed by atoms with E-state index in [1.807, 2.05) is 0 Å². The number of hydrogen-bond acceptors (Lipinski definition) is 0. The Hall–Kier alpha value is -1.99. The molecule has 0 bridgehead atoms. The third kappa shape index (κ3) is 50.6. The van der Waals surface area contributed by atoms with Gasteiger partial charge in [-0.1, -0.05) is 410 Å². The Morgan fingerprint density at radius 2 is 0.382 bits per heavy atom. The summed E-state index contributed by atoms with van der Waals surface area (Å²) in [5.74, 6) is 0. The van der Waals surface area contributed by atoms with Gasteiger partial charge in [0.05, 0.1) is 0 Å². The van der Waals surface area contributed by atoms with E-state index in [-0.39, 0.29) is 16.5 Å². The van der Waals surface area contributed by atoms with Crippen LogP contribution in [0.25, 0.3) is 16.9 Å². The standard InChI is InChI=1S/C55H90N2.2C22H45.Ni/c1-9-17-25-32-44-40-48(41-45(33-26-18-10-2)50(44)37-29-21-13-5)54-52(36-24-16-8)53(39-31-23-15-7)55(57(54)56)49-42-46(34-27-19-11-3)51(38-30-22-14-6)47(43-49)35-28-20-12-4;2*1-3-5-7-9-11-13-15-17-19-21-22-20-18-16-14-12-10-8-6-4-2;/h40-43H,9-39H2,1-8H3;2*1,3-22H2,2H3;/q;2*-1;+2. The maximum atomic E-state index is 13.0. The van der Waals surface area contributed by atoms with E-state index in [9.17, 15) is 5.53 Å². The molecule has 596 valence electrons. The monoisotopic (exact) mass is 1460 g/mol. The molecule has 2 nitrogen and oxygen atoms in total. The van der Waals surface area contributed by atoms with Crippen molar-refractivity contribution in [1.29, 1.82) is 0 Å². The van der Waals surface area contributed by atoms with Crippen LogP contribution in [0, 0.1) is 13.8 Å². The van der Waals surface area contributed by atoms with Crippen LogP contribution in [-0.2, 0) is 55.0 Å². The Morgan fingerprint density at radius 3 is 0.588 bits per heavy atom. The van der Waals surface area contributed by atoms with Crippen molar-refractivity contribution < 1.29 is 21.2 Å². The van der Waals surface area contributed by atoms with E-state index in [1.54, 1.807) is 38.1 Å². The van der Waals surface area contributed by atoms with Crippen molar-refractivity contribution in [3.05, 3.63) is 99.3 Å². The summed E-state index contributed by atoms with van der Waals surface area (Å²) in [5, 5.41) is 0. The van der Waals surface area contributed by atoms with Crippen LogP contribution in [0.1, 0.15) is 531 Å². The smallest absolute Gasteiger partial charge is 0.493 e. The van der Waals surface area contributed by atoms with E-state index in [4.69, 9.17) is 0 Å². The molecule has 0 amide bonds. The molecule has 1 aliphatic rings. The molecule has 0 unspecified atom stereocenters. The quantitative estimate of drug-likeness (QED) is 0.0273. The Kier molecular flexibility index (Phi) is 74.3. The minimum atomic E-state index is 0.